The fraction of sp³-hybridized carbons (Fsp3) is 0.429. The highest BCUT2D eigenvalue weighted by molar-refractivity contribution is 7.23. The fourth-order valence-electron chi connectivity index (χ4n) is 1.82. The van der Waals surface area contributed by atoms with E-state index in [0.717, 1.165) is 26.3 Å². The van der Waals surface area contributed by atoms with Crippen molar-refractivity contribution in [1.29, 1.82) is 0 Å². The molecule has 2 heterocycles. The molecule has 0 aliphatic rings. The van der Waals surface area contributed by atoms with Gasteiger partial charge in [-0.2, -0.15) is 0 Å². The predicted molar refractivity (Wildman–Crippen MR) is 88.1 cm³/mol. The molecular weight excluding hydrogens is 328 g/mol. The van der Waals surface area contributed by atoms with E-state index in [1.165, 1.54) is 22.7 Å². The molecule has 2 aromatic heterocycles. The largest absolute Gasteiger partial charge is 0.391 e. The first kappa shape index (κ1) is 16.4. The van der Waals surface area contributed by atoms with Crippen molar-refractivity contribution >= 4 is 40.2 Å². The molecular formula is C14H17ClN2O2S2. The van der Waals surface area contributed by atoms with Crippen LogP contribution in [0.5, 0.6) is 0 Å². The van der Waals surface area contributed by atoms with E-state index in [1.54, 1.807) is 0 Å². The molecule has 2 aromatic rings. The normalized spacial score (nSPS) is 12.3. The molecule has 1 unspecified atom stereocenters. The number of carbonyl (C=O) groups is 1. The van der Waals surface area contributed by atoms with E-state index in [4.69, 9.17) is 11.6 Å². The minimum Gasteiger partial charge on any atom is -0.391 e. The summed E-state index contributed by atoms with van der Waals surface area (Å²) in [5, 5.41) is 15.1. The second kappa shape index (κ2) is 7.89. The summed E-state index contributed by atoms with van der Waals surface area (Å²) < 4.78 is 0.726. The van der Waals surface area contributed by atoms with E-state index in [0.29, 0.717) is 13.0 Å². The quantitative estimate of drug-likeness (QED) is 0.809. The molecule has 0 aromatic carbocycles. The molecule has 0 saturated heterocycles. The zero-order valence-corrected chi connectivity index (χ0v) is 14.0. The maximum Gasteiger partial charge on any atom is 0.226 e. The van der Waals surface area contributed by atoms with Crippen LogP contribution < -0.4 is 5.32 Å². The maximum atomic E-state index is 11.8. The predicted octanol–water partition coefficient (Wildman–Crippen LogP) is 3.34. The Kier molecular flexibility index (Phi) is 6.17. The molecule has 2 N–H and O–H groups in total. The molecule has 0 radical (unpaired) electrons. The zero-order chi connectivity index (χ0) is 15.2. The average Bonchev–Trinajstić information content (AvgIpc) is 3.06. The van der Waals surface area contributed by atoms with Gasteiger partial charge in [0.15, 0.2) is 0 Å². The monoisotopic (exact) mass is 344 g/mol. The summed E-state index contributed by atoms with van der Waals surface area (Å²) in [6.07, 6.45) is 1.35. The van der Waals surface area contributed by atoms with Crippen LogP contribution in [-0.2, 0) is 11.2 Å². The Morgan fingerprint density at radius 2 is 2.33 bits per heavy atom. The number of hydrogen-bond donors (Lipinski definition) is 2. The Hall–Kier alpha value is -0.950. The minimum atomic E-state index is -0.474. The number of amides is 1. The molecule has 0 aliphatic carbocycles. The molecule has 2 rings (SSSR count). The molecule has 1 amide bonds. The van der Waals surface area contributed by atoms with Crippen LogP contribution in [-0.4, -0.2) is 28.6 Å². The second-order valence-electron chi connectivity index (χ2n) is 4.67. The number of aliphatic hydroxyl groups excluding tert-OH is 1. The lowest BCUT2D eigenvalue weighted by Crippen LogP contribution is -2.33. The topological polar surface area (TPSA) is 62.2 Å². The highest BCUT2D eigenvalue weighted by Crippen LogP contribution is 2.32. The van der Waals surface area contributed by atoms with Crippen LogP contribution in [0.3, 0.4) is 0 Å². The SMILES string of the molecule is CCCC(O)CNC(=O)Cc1csc(-c2ccc(Cl)s2)n1. The summed E-state index contributed by atoms with van der Waals surface area (Å²) in [7, 11) is 0. The van der Waals surface area contributed by atoms with Crippen LogP contribution in [0.15, 0.2) is 17.5 Å². The number of hydrogen-bond acceptors (Lipinski definition) is 5. The molecule has 0 aliphatic heterocycles. The number of rotatable bonds is 7. The van der Waals surface area contributed by atoms with Crippen molar-refractivity contribution in [2.24, 2.45) is 0 Å². The first-order valence-corrected chi connectivity index (χ1v) is 8.80. The van der Waals surface area contributed by atoms with Crippen LogP contribution in [0.25, 0.3) is 9.88 Å². The minimum absolute atomic E-state index is 0.119. The fourth-order valence-corrected chi connectivity index (χ4v) is 3.76. The Morgan fingerprint density at radius 1 is 1.52 bits per heavy atom. The van der Waals surface area contributed by atoms with Gasteiger partial charge in [0.05, 0.1) is 27.4 Å². The van der Waals surface area contributed by atoms with Gasteiger partial charge in [-0.15, -0.1) is 22.7 Å². The molecule has 0 saturated carbocycles. The molecule has 0 spiro atoms. The van der Waals surface area contributed by atoms with Crippen LogP contribution in [0.2, 0.25) is 4.34 Å². The summed E-state index contributed by atoms with van der Waals surface area (Å²) in [4.78, 5) is 17.2. The van der Waals surface area contributed by atoms with Gasteiger partial charge < -0.3 is 10.4 Å². The standard InChI is InChI=1S/C14H17ClN2O2S2/c1-2-3-10(18)7-16-13(19)6-9-8-20-14(17-9)11-4-5-12(15)21-11/h4-5,8,10,18H,2-3,6-7H2,1H3,(H,16,19). The van der Waals surface area contributed by atoms with Crippen molar-refractivity contribution in [3.05, 3.63) is 27.5 Å². The summed E-state index contributed by atoms with van der Waals surface area (Å²) in [5.74, 6) is -0.119. The van der Waals surface area contributed by atoms with Crippen molar-refractivity contribution in [3.63, 3.8) is 0 Å². The van der Waals surface area contributed by atoms with E-state index >= 15 is 0 Å². The highest BCUT2D eigenvalue weighted by atomic mass is 35.5. The third-order valence-electron chi connectivity index (χ3n) is 2.83. The van der Waals surface area contributed by atoms with Crippen molar-refractivity contribution in [2.75, 3.05) is 6.54 Å². The Bertz CT molecular complexity index is 597. The molecule has 0 fully saturated rings. The van der Waals surface area contributed by atoms with Crippen LogP contribution >= 0.6 is 34.3 Å². The Labute approximate surface area is 136 Å². The number of halogens is 1. The Morgan fingerprint density at radius 3 is 3.00 bits per heavy atom. The van der Waals surface area contributed by atoms with Crippen molar-refractivity contribution in [2.45, 2.75) is 32.3 Å². The van der Waals surface area contributed by atoms with Gasteiger partial charge in [-0.1, -0.05) is 24.9 Å². The van der Waals surface area contributed by atoms with Crippen molar-refractivity contribution in [3.8, 4) is 9.88 Å². The van der Waals surface area contributed by atoms with E-state index in [1.807, 2.05) is 24.4 Å². The summed E-state index contributed by atoms with van der Waals surface area (Å²) in [5.41, 5.74) is 0.738. The maximum absolute atomic E-state index is 11.8. The highest BCUT2D eigenvalue weighted by Gasteiger charge is 2.11. The van der Waals surface area contributed by atoms with E-state index in [-0.39, 0.29) is 12.3 Å². The average molecular weight is 345 g/mol. The smallest absolute Gasteiger partial charge is 0.226 e. The summed E-state index contributed by atoms with van der Waals surface area (Å²) in [6, 6.07) is 3.77. The number of nitrogens with one attached hydrogen (secondary N) is 1. The number of nitrogens with zero attached hydrogens (tertiary/aromatic N) is 1. The summed E-state index contributed by atoms with van der Waals surface area (Å²) in [6.45, 7) is 2.29. The van der Waals surface area contributed by atoms with Crippen molar-refractivity contribution < 1.29 is 9.90 Å². The van der Waals surface area contributed by atoms with Gasteiger partial charge in [0.2, 0.25) is 5.91 Å². The third kappa shape index (κ3) is 5.07. The van der Waals surface area contributed by atoms with Crippen LogP contribution in [0.1, 0.15) is 25.5 Å². The lowest BCUT2D eigenvalue weighted by molar-refractivity contribution is -0.120. The van der Waals surface area contributed by atoms with E-state index < -0.39 is 6.10 Å². The first-order chi connectivity index (χ1) is 10.1. The van der Waals surface area contributed by atoms with Crippen LogP contribution in [0, 0.1) is 0 Å². The third-order valence-corrected chi connectivity index (χ3v) is 5.13. The number of thiophene rings is 1. The number of thiazole rings is 1. The lowest BCUT2D eigenvalue weighted by atomic mass is 10.2. The molecule has 114 valence electrons. The molecule has 4 nitrogen and oxygen atoms in total. The van der Waals surface area contributed by atoms with Gasteiger partial charge in [0.25, 0.3) is 0 Å². The number of aliphatic hydroxyl groups is 1. The van der Waals surface area contributed by atoms with Crippen molar-refractivity contribution in [1.82, 2.24) is 10.3 Å². The first-order valence-electron chi connectivity index (χ1n) is 6.73. The van der Waals surface area contributed by atoms with Gasteiger partial charge in [0.1, 0.15) is 5.01 Å². The molecule has 0 bridgehead atoms. The molecule has 7 heteroatoms. The van der Waals surface area contributed by atoms with Gasteiger partial charge in [-0.05, 0) is 18.6 Å². The van der Waals surface area contributed by atoms with Crippen LogP contribution in [0.4, 0.5) is 0 Å². The molecule has 1 atom stereocenters. The second-order valence-corrected chi connectivity index (χ2v) is 7.24. The van der Waals surface area contributed by atoms with Gasteiger partial charge in [0, 0.05) is 11.9 Å². The van der Waals surface area contributed by atoms with Gasteiger partial charge >= 0.3 is 0 Å². The van der Waals surface area contributed by atoms with E-state index in [9.17, 15) is 9.90 Å². The zero-order valence-electron chi connectivity index (χ0n) is 11.6. The van der Waals surface area contributed by atoms with Gasteiger partial charge in [-0.25, -0.2) is 4.98 Å². The number of aromatic nitrogens is 1. The van der Waals surface area contributed by atoms with E-state index in [2.05, 4.69) is 10.3 Å². The summed E-state index contributed by atoms with van der Waals surface area (Å²) >= 11 is 8.88. The molecule has 21 heavy (non-hydrogen) atoms. The van der Waals surface area contributed by atoms with Gasteiger partial charge in [-0.3, -0.25) is 4.79 Å². The number of carbonyl (C=O) groups excluding carboxylic acids is 1. The lowest BCUT2D eigenvalue weighted by Gasteiger charge is -2.09. The Balaban J connectivity index is 1.86.